The van der Waals surface area contributed by atoms with Crippen molar-refractivity contribution in [3.05, 3.63) is 34.9 Å². The fraction of sp³-hybridized carbons (Fsp3) is 0.400. The van der Waals surface area contributed by atoms with Gasteiger partial charge in [0.2, 0.25) is 0 Å². The summed E-state index contributed by atoms with van der Waals surface area (Å²) in [6.45, 7) is 1.62. The summed E-state index contributed by atoms with van der Waals surface area (Å²) in [5.74, 6) is -1.31. The molecule has 0 fully saturated rings. The number of hydrogen-bond donors (Lipinski definition) is 0. The van der Waals surface area contributed by atoms with Gasteiger partial charge >= 0.3 is 0 Å². The Balaban J connectivity index is 3.19. The lowest BCUT2D eigenvalue weighted by Crippen LogP contribution is -2.09. The third-order valence-corrected chi connectivity index (χ3v) is 1.89. The van der Waals surface area contributed by atoms with Gasteiger partial charge in [-0.1, -0.05) is 0 Å². The second kappa shape index (κ2) is 4.48. The molecule has 0 bridgehead atoms. The smallest absolute Gasteiger partial charge is 0.188 e. The SMILES string of the molecule is COC(OC)c1c(F)cc(C)cc1F. The van der Waals surface area contributed by atoms with E-state index in [9.17, 15) is 8.78 Å². The lowest BCUT2D eigenvalue weighted by Gasteiger charge is -2.15. The van der Waals surface area contributed by atoms with Gasteiger partial charge in [-0.15, -0.1) is 0 Å². The molecule has 0 unspecified atom stereocenters. The minimum Gasteiger partial charge on any atom is -0.351 e. The highest BCUT2D eigenvalue weighted by Gasteiger charge is 2.19. The van der Waals surface area contributed by atoms with Crippen molar-refractivity contribution >= 4 is 0 Å². The maximum atomic E-state index is 13.3. The van der Waals surface area contributed by atoms with Gasteiger partial charge in [-0.25, -0.2) is 8.78 Å². The molecular weight excluding hydrogens is 190 g/mol. The summed E-state index contributed by atoms with van der Waals surface area (Å²) in [5.41, 5.74) is 0.329. The Morgan fingerprint density at radius 3 is 1.86 bits per heavy atom. The summed E-state index contributed by atoms with van der Waals surface area (Å²) in [6, 6.07) is 2.48. The summed E-state index contributed by atoms with van der Waals surface area (Å²) < 4.78 is 36.2. The largest absolute Gasteiger partial charge is 0.351 e. The van der Waals surface area contributed by atoms with E-state index in [1.165, 1.54) is 26.4 Å². The van der Waals surface area contributed by atoms with E-state index < -0.39 is 17.9 Å². The molecule has 4 heteroatoms. The van der Waals surface area contributed by atoms with Crippen LogP contribution in [-0.4, -0.2) is 14.2 Å². The topological polar surface area (TPSA) is 18.5 Å². The van der Waals surface area contributed by atoms with Crippen molar-refractivity contribution in [1.82, 2.24) is 0 Å². The van der Waals surface area contributed by atoms with Crippen molar-refractivity contribution in [1.29, 1.82) is 0 Å². The van der Waals surface area contributed by atoms with Gasteiger partial charge in [0.15, 0.2) is 6.29 Å². The molecule has 0 amide bonds. The number of halogens is 2. The first-order valence-electron chi connectivity index (χ1n) is 4.11. The average molecular weight is 202 g/mol. The third kappa shape index (κ3) is 2.08. The molecule has 0 N–H and O–H groups in total. The fourth-order valence-electron chi connectivity index (χ4n) is 1.27. The zero-order chi connectivity index (χ0) is 10.7. The van der Waals surface area contributed by atoms with Crippen molar-refractivity contribution < 1.29 is 18.3 Å². The molecule has 0 atom stereocenters. The van der Waals surface area contributed by atoms with Crippen molar-refractivity contribution in [3.63, 3.8) is 0 Å². The molecule has 1 rings (SSSR count). The van der Waals surface area contributed by atoms with Crippen molar-refractivity contribution in [3.8, 4) is 0 Å². The highest BCUT2D eigenvalue weighted by Crippen LogP contribution is 2.24. The molecule has 0 saturated heterocycles. The summed E-state index contributed by atoms with van der Waals surface area (Å²) in [5, 5.41) is 0. The fourth-order valence-corrected chi connectivity index (χ4v) is 1.27. The predicted molar refractivity (Wildman–Crippen MR) is 47.9 cm³/mol. The summed E-state index contributed by atoms with van der Waals surface area (Å²) in [4.78, 5) is 0. The van der Waals surface area contributed by atoms with Gasteiger partial charge in [-0.2, -0.15) is 0 Å². The summed E-state index contributed by atoms with van der Waals surface area (Å²) >= 11 is 0. The van der Waals surface area contributed by atoms with Crippen LogP contribution in [0.25, 0.3) is 0 Å². The highest BCUT2D eigenvalue weighted by molar-refractivity contribution is 5.26. The van der Waals surface area contributed by atoms with Gasteiger partial charge in [0, 0.05) is 14.2 Å². The molecule has 0 heterocycles. The molecule has 0 radical (unpaired) electrons. The van der Waals surface area contributed by atoms with E-state index in [1.54, 1.807) is 6.92 Å². The Labute approximate surface area is 81.4 Å². The molecule has 0 aromatic heterocycles. The lowest BCUT2D eigenvalue weighted by atomic mass is 10.1. The van der Waals surface area contributed by atoms with Gasteiger partial charge in [0.1, 0.15) is 11.6 Å². The minimum atomic E-state index is -1.00. The molecule has 0 saturated carbocycles. The Bertz CT molecular complexity index is 299. The van der Waals surface area contributed by atoms with E-state index in [1.807, 2.05) is 0 Å². The first-order valence-corrected chi connectivity index (χ1v) is 4.11. The van der Waals surface area contributed by atoms with E-state index in [0.29, 0.717) is 5.56 Å². The van der Waals surface area contributed by atoms with Crippen LogP contribution in [0.5, 0.6) is 0 Å². The Kier molecular flexibility index (Phi) is 3.55. The molecule has 78 valence electrons. The van der Waals surface area contributed by atoms with Crippen LogP contribution in [0, 0.1) is 18.6 Å². The van der Waals surface area contributed by atoms with Crippen LogP contribution in [0.2, 0.25) is 0 Å². The number of ether oxygens (including phenoxy) is 2. The van der Waals surface area contributed by atoms with E-state index >= 15 is 0 Å². The quantitative estimate of drug-likeness (QED) is 0.701. The molecule has 14 heavy (non-hydrogen) atoms. The maximum Gasteiger partial charge on any atom is 0.188 e. The molecule has 1 aromatic carbocycles. The number of rotatable bonds is 3. The van der Waals surface area contributed by atoms with E-state index in [2.05, 4.69) is 0 Å². The van der Waals surface area contributed by atoms with Crippen LogP contribution in [-0.2, 0) is 9.47 Å². The molecule has 2 nitrogen and oxygen atoms in total. The minimum absolute atomic E-state index is 0.194. The monoisotopic (exact) mass is 202 g/mol. The zero-order valence-corrected chi connectivity index (χ0v) is 8.30. The van der Waals surface area contributed by atoms with Crippen LogP contribution in [0.1, 0.15) is 17.4 Å². The highest BCUT2D eigenvalue weighted by atomic mass is 19.1. The third-order valence-electron chi connectivity index (χ3n) is 1.89. The predicted octanol–water partition coefficient (Wildman–Crippen LogP) is 2.56. The molecule has 0 aliphatic rings. The Morgan fingerprint density at radius 2 is 1.50 bits per heavy atom. The lowest BCUT2D eigenvalue weighted by molar-refractivity contribution is -0.109. The molecule has 0 aliphatic carbocycles. The second-order valence-electron chi connectivity index (χ2n) is 2.95. The zero-order valence-electron chi connectivity index (χ0n) is 8.30. The van der Waals surface area contributed by atoms with Gasteiger partial charge in [0.05, 0.1) is 5.56 Å². The number of hydrogen-bond acceptors (Lipinski definition) is 2. The van der Waals surface area contributed by atoms with E-state index in [-0.39, 0.29) is 5.56 Å². The van der Waals surface area contributed by atoms with Crippen LogP contribution < -0.4 is 0 Å². The van der Waals surface area contributed by atoms with E-state index in [0.717, 1.165) is 0 Å². The molecular formula is C10H12F2O2. The van der Waals surface area contributed by atoms with Gasteiger partial charge in [-0.05, 0) is 24.6 Å². The normalized spacial score (nSPS) is 11.0. The maximum absolute atomic E-state index is 13.3. The Morgan fingerprint density at radius 1 is 1.07 bits per heavy atom. The molecule has 1 aromatic rings. The molecule has 0 aliphatic heterocycles. The number of benzene rings is 1. The van der Waals surface area contributed by atoms with Crippen LogP contribution >= 0.6 is 0 Å². The number of methoxy groups -OCH3 is 2. The van der Waals surface area contributed by atoms with Gasteiger partial charge in [-0.3, -0.25) is 0 Å². The van der Waals surface area contributed by atoms with Gasteiger partial charge < -0.3 is 9.47 Å². The van der Waals surface area contributed by atoms with E-state index in [4.69, 9.17) is 9.47 Å². The average Bonchev–Trinajstić information content (AvgIpc) is 2.10. The first kappa shape index (κ1) is 11.1. The van der Waals surface area contributed by atoms with Crippen LogP contribution in [0.3, 0.4) is 0 Å². The first-order chi connectivity index (χ1) is 6.60. The van der Waals surface area contributed by atoms with Crippen LogP contribution in [0.4, 0.5) is 8.78 Å². The molecule has 0 spiro atoms. The summed E-state index contributed by atoms with van der Waals surface area (Å²) in [7, 11) is 2.65. The second-order valence-corrected chi connectivity index (χ2v) is 2.95. The Hall–Kier alpha value is -1.00. The van der Waals surface area contributed by atoms with Crippen molar-refractivity contribution in [2.24, 2.45) is 0 Å². The van der Waals surface area contributed by atoms with Gasteiger partial charge in [0.25, 0.3) is 0 Å². The standard InChI is InChI=1S/C10H12F2O2/c1-6-4-7(11)9(8(12)5-6)10(13-2)14-3/h4-5,10H,1-3H3. The summed E-state index contributed by atoms with van der Waals surface area (Å²) in [6.07, 6.45) is -1.00. The number of aryl methyl sites for hydroxylation is 1. The van der Waals surface area contributed by atoms with Crippen LogP contribution in [0.15, 0.2) is 12.1 Å². The van der Waals surface area contributed by atoms with Crippen molar-refractivity contribution in [2.75, 3.05) is 14.2 Å². The van der Waals surface area contributed by atoms with Crippen molar-refractivity contribution in [2.45, 2.75) is 13.2 Å².